The van der Waals surface area contributed by atoms with Gasteiger partial charge in [-0.2, -0.15) is 10.2 Å². The van der Waals surface area contributed by atoms with Gasteiger partial charge in [0.25, 0.3) is 0 Å². The number of fused-ring (bicyclic) bond motifs is 6. The van der Waals surface area contributed by atoms with Gasteiger partial charge in [-0.15, -0.1) is 0 Å². The lowest BCUT2D eigenvalue weighted by atomic mass is 9.98. The Kier molecular flexibility index (Phi) is 4.13. The first-order chi connectivity index (χ1) is 15.1. The lowest BCUT2D eigenvalue weighted by Crippen LogP contribution is -2.33. The number of carbonyl (C=O) groups excluding carboxylic acids is 1. The normalized spacial score (nSPS) is 18.5. The van der Waals surface area contributed by atoms with Crippen LogP contribution in [0.2, 0.25) is 0 Å². The minimum absolute atomic E-state index is 0.217. The summed E-state index contributed by atoms with van der Waals surface area (Å²) in [4.78, 5) is 19.9. The zero-order valence-electron chi connectivity index (χ0n) is 18.0. The van der Waals surface area contributed by atoms with Crippen LogP contribution in [0.1, 0.15) is 53.9 Å². The fourth-order valence-corrected chi connectivity index (χ4v) is 4.89. The van der Waals surface area contributed by atoms with Crippen molar-refractivity contribution in [2.45, 2.75) is 58.2 Å². The highest BCUT2D eigenvalue weighted by Crippen LogP contribution is 2.37. The van der Waals surface area contributed by atoms with Crippen molar-refractivity contribution in [1.82, 2.24) is 29.4 Å². The van der Waals surface area contributed by atoms with Gasteiger partial charge in [0, 0.05) is 73.3 Å². The molecule has 158 valence electrons. The summed E-state index contributed by atoms with van der Waals surface area (Å²) in [6.45, 7) is 3.37. The average molecular weight is 415 g/mol. The number of allylic oxidation sites excluding steroid dienone is 1. The Labute approximate surface area is 181 Å². The van der Waals surface area contributed by atoms with E-state index in [-0.39, 0.29) is 5.91 Å². The molecule has 0 spiro atoms. The molecule has 0 saturated heterocycles. The van der Waals surface area contributed by atoms with Gasteiger partial charge in [-0.3, -0.25) is 19.1 Å². The maximum absolute atomic E-state index is 13.1. The standard InChI is InChI=1S/C24H26N6O/c1-15-20-13-29(26-15)9-3-4-24(31)30(17-5-6-17)14-23-21(12-28(2)27-23)16-10-19-18(20)7-8-22(19)25-11-16/h7,10-13,17H,3-6,8-9,14H2,1-2H3. The first kappa shape index (κ1) is 18.5. The fraction of sp³-hybridized carbons (Fsp3) is 0.417. The molecule has 1 fully saturated rings. The molecule has 4 heterocycles. The SMILES string of the molecule is Cc1nn2cc1C1=CCc3ncc(cc31)-c1cn(C)nc1CN(C1CC1)C(=O)CCC2. The van der Waals surface area contributed by atoms with Crippen LogP contribution in [0.15, 0.2) is 30.7 Å². The van der Waals surface area contributed by atoms with Gasteiger partial charge in [-0.05, 0) is 37.8 Å². The summed E-state index contributed by atoms with van der Waals surface area (Å²) in [6.07, 6.45) is 12.7. The zero-order valence-corrected chi connectivity index (χ0v) is 18.0. The van der Waals surface area contributed by atoms with Crippen LogP contribution >= 0.6 is 0 Å². The number of hydrogen-bond donors (Lipinski definition) is 0. The van der Waals surface area contributed by atoms with Gasteiger partial charge in [0.15, 0.2) is 0 Å². The van der Waals surface area contributed by atoms with Crippen LogP contribution in [0, 0.1) is 6.92 Å². The Hall–Kier alpha value is -3.22. The molecule has 7 nitrogen and oxygen atoms in total. The minimum atomic E-state index is 0.217. The van der Waals surface area contributed by atoms with E-state index in [9.17, 15) is 4.79 Å². The van der Waals surface area contributed by atoms with Gasteiger partial charge in [0.05, 0.1) is 23.6 Å². The van der Waals surface area contributed by atoms with Crippen molar-refractivity contribution >= 4 is 11.5 Å². The number of aryl methyl sites for hydroxylation is 3. The highest BCUT2D eigenvalue weighted by Gasteiger charge is 2.33. The van der Waals surface area contributed by atoms with Crippen molar-refractivity contribution in [3.05, 3.63) is 58.9 Å². The molecule has 4 bridgehead atoms. The van der Waals surface area contributed by atoms with E-state index in [0.717, 1.165) is 66.0 Å². The van der Waals surface area contributed by atoms with Crippen LogP contribution in [0.3, 0.4) is 0 Å². The van der Waals surface area contributed by atoms with Crippen molar-refractivity contribution in [2.75, 3.05) is 0 Å². The maximum Gasteiger partial charge on any atom is 0.223 e. The molecule has 3 aromatic rings. The van der Waals surface area contributed by atoms with Crippen molar-refractivity contribution in [2.24, 2.45) is 7.05 Å². The van der Waals surface area contributed by atoms with E-state index >= 15 is 0 Å². The fourth-order valence-electron chi connectivity index (χ4n) is 4.89. The Balaban J connectivity index is 1.50. The third-order valence-electron chi connectivity index (χ3n) is 6.62. The van der Waals surface area contributed by atoms with Gasteiger partial charge >= 0.3 is 0 Å². The van der Waals surface area contributed by atoms with E-state index in [1.165, 1.54) is 11.1 Å². The molecular formula is C24H26N6O. The molecule has 0 atom stereocenters. The van der Waals surface area contributed by atoms with Crippen LogP contribution in [0.5, 0.6) is 0 Å². The quantitative estimate of drug-likeness (QED) is 0.613. The second kappa shape index (κ2) is 6.90. The molecule has 3 aromatic heterocycles. The van der Waals surface area contributed by atoms with Crippen molar-refractivity contribution in [3.63, 3.8) is 0 Å². The lowest BCUT2D eigenvalue weighted by Gasteiger charge is -2.22. The third-order valence-corrected chi connectivity index (χ3v) is 6.62. The van der Waals surface area contributed by atoms with Gasteiger partial charge in [0.1, 0.15) is 0 Å². The van der Waals surface area contributed by atoms with Crippen molar-refractivity contribution < 1.29 is 4.79 Å². The number of hydrogen-bond acceptors (Lipinski definition) is 4. The summed E-state index contributed by atoms with van der Waals surface area (Å²) in [6, 6.07) is 2.59. The number of carbonyl (C=O) groups is 1. The summed E-state index contributed by atoms with van der Waals surface area (Å²) < 4.78 is 3.84. The van der Waals surface area contributed by atoms with E-state index in [1.54, 1.807) is 0 Å². The molecule has 7 heteroatoms. The van der Waals surface area contributed by atoms with Crippen LogP contribution in [0.4, 0.5) is 0 Å². The number of rotatable bonds is 1. The molecule has 0 N–H and O–H groups in total. The van der Waals surface area contributed by atoms with Crippen molar-refractivity contribution in [1.29, 1.82) is 0 Å². The summed E-state index contributed by atoms with van der Waals surface area (Å²) in [5.41, 5.74) is 8.74. The molecule has 0 aromatic carbocycles. The predicted octanol–water partition coefficient (Wildman–Crippen LogP) is 3.26. The Bertz CT molecular complexity index is 1230. The number of amides is 1. The van der Waals surface area contributed by atoms with Gasteiger partial charge in [-0.1, -0.05) is 6.08 Å². The first-order valence-electron chi connectivity index (χ1n) is 11.1. The van der Waals surface area contributed by atoms with Gasteiger partial charge < -0.3 is 4.90 Å². The average Bonchev–Trinajstić information content (AvgIpc) is 3.24. The van der Waals surface area contributed by atoms with Crippen LogP contribution < -0.4 is 0 Å². The molecule has 1 amide bonds. The Morgan fingerprint density at radius 2 is 1.94 bits per heavy atom. The minimum Gasteiger partial charge on any atom is -0.334 e. The second-order valence-corrected chi connectivity index (χ2v) is 8.95. The summed E-state index contributed by atoms with van der Waals surface area (Å²) >= 11 is 0. The Morgan fingerprint density at radius 3 is 2.77 bits per heavy atom. The summed E-state index contributed by atoms with van der Waals surface area (Å²) in [5.74, 6) is 0.217. The topological polar surface area (TPSA) is 68.8 Å². The molecular weight excluding hydrogens is 388 g/mol. The molecule has 6 rings (SSSR count). The number of aromatic nitrogens is 5. The smallest absolute Gasteiger partial charge is 0.223 e. The summed E-state index contributed by atoms with van der Waals surface area (Å²) in [7, 11) is 1.94. The molecule has 3 aliphatic rings. The largest absolute Gasteiger partial charge is 0.334 e. The van der Waals surface area contributed by atoms with E-state index in [1.807, 2.05) is 33.7 Å². The number of nitrogens with zero attached hydrogens (tertiary/aromatic N) is 6. The lowest BCUT2D eigenvalue weighted by molar-refractivity contribution is -0.132. The van der Waals surface area contributed by atoms with Crippen LogP contribution in [-0.4, -0.2) is 41.4 Å². The van der Waals surface area contributed by atoms with E-state index < -0.39 is 0 Å². The first-order valence-corrected chi connectivity index (χ1v) is 11.1. The van der Waals surface area contributed by atoms with E-state index in [0.29, 0.717) is 19.0 Å². The Morgan fingerprint density at radius 1 is 1.06 bits per heavy atom. The molecule has 0 unspecified atom stereocenters. The van der Waals surface area contributed by atoms with E-state index in [4.69, 9.17) is 15.2 Å². The molecule has 1 saturated carbocycles. The molecule has 2 aliphatic carbocycles. The highest BCUT2D eigenvalue weighted by atomic mass is 16.2. The van der Waals surface area contributed by atoms with Gasteiger partial charge in [0.2, 0.25) is 5.91 Å². The summed E-state index contributed by atoms with van der Waals surface area (Å²) in [5, 5.41) is 9.47. The maximum atomic E-state index is 13.1. The highest BCUT2D eigenvalue weighted by molar-refractivity contribution is 5.86. The second-order valence-electron chi connectivity index (χ2n) is 8.95. The van der Waals surface area contributed by atoms with Crippen LogP contribution in [-0.2, 0) is 31.4 Å². The molecule has 31 heavy (non-hydrogen) atoms. The predicted molar refractivity (Wildman–Crippen MR) is 117 cm³/mol. The molecule has 0 radical (unpaired) electrons. The van der Waals surface area contributed by atoms with Crippen molar-refractivity contribution in [3.8, 4) is 11.1 Å². The third kappa shape index (κ3) is 3.19. The van der Waals surface area contributed by atoms with Crippen LogP contribution in [0.25, 0.3) is 16.7 Å². The monoisotopic (exact) mass is 414 g/mol. The number of pyridine rings is 1. The van der Waals surface area contributed by atoms with Gasteiger partial charge in [-0.25, -0.2) is 0 Å². The molecule has 1 aliphatic heterocycles. The van der Waals surface area contributed by atoms with E-state index in [2.05, 4.69) is 25.3 Å². The zero-order chi connectivity index (χ0) is 21.1.